The maximum absolute atomic E-state index is 5.95. The fourth-order valence-electron chi connectivity index (χ4n) is 1.58. The molecule has 2 aromatic heterocycles. The molecule has 0 aromatic carbocycles. The van der Waals surface area contributed by atoms with Crippen LogP contribution in [0.5, 0.6) is 0 Å². The number of nitrogens with one attached hydrogen (secondary N) is 1. The molecule has 0 bridgehead atoms. The SMILES string of the molecule is CCc1nn(C)cc1Nc1ncnc(Cl)c1C. The summed E-state index contributed by atoms with van der Waals surface area (Å²) in [5.74, 6) is 0.715. The van der Waals surface area contributed by atoms with Crippen LogP contribution in [0.3, 0.4) is 0 Å². The molecule has 0 spiro atoms. The van der Waals surface area contributed by atoms with Crippen LogP contribution < -0.4 is 5.32 Å². The Labute approximate surface area is 105 Å². The second kappa shape index (κ2) is 4.71. The van der Waals surface area contributed by atoms with Gasteiger partial charge in [-0.2, -0.15) is 5.10 Å². The molecule has 2 rings (SSSR count). The topological polar surface area (TPSA) is 55.6 Å². The van der Waals surface area contributed by atoms with Crippen LogP contribution >= 0.6 is 11.6 Å². The second-order valence-corrected chi connectivity index (χ2v) is 4.14. The summed E-state index contributed by atoms with van der Waals surface area (Å²) in [5.41, 5.74) is 2.79. The zero-order valence-electron chi connectivity index (χ0n) is 10.0. The van der Waals surface area contributed by atoms with Crippen molar-refractivity contribution in [2.24, 2.45) is 7.05 Å². The van der Waals surface area contributed by atoms with Crippen LogP contribution in [0.15, 0.2) is 12.5 Å². The average Bonchev–Trinajstić information content (AvgIpc) is 2.65. The monoisotopic (exact) mass is 251 g/mol. The Hall–Kier alpha value is -1.62. The van der Waals surface area contributed by atoms with Crippen LogP contribution in [-0.2, 0) is 13.5 Å². The number of anilines is 2. The van der Waals surface area contributed by atoms with E-state index in [4.69, 9.17) is 11.6 Å². The lowest BCUT2D eigenvalue weighted by molar-refractivity contribution is 0.746. The summed E-state index contributed by atoms with van der Waals surface area (Å²) >= 11 is 5.95. The van der Waals surface area contributed by atoms with Crippen LogP contribution in [0.4, 0.5) is 11.5 Å². The van der Waals surface area contributed by atoms with E-state index in [0.717, 1.165) is 23.4 Å². The third-order valence-corrected chi connectivity index (χ3v) is 2.90. The number of halogens is 1. The Kier molecular flexibility index (Phi) is 3.28. The lowest BCUT2D eigenvalue weighted by Gasteiger charge is -2.07. The molecular formula is C11H14ClN5. The first-order valence-electron chi connectivity index (χ1n) is 5.38. The van der Waals surface area contributed by atoms with E-state index in [-0.39, 0.29) is 0 Å². The first-order chi connectivity index (χ1) is 8.11. The highest BCUT2D eigenvalue weighted by Gasteiger charge is 2.09. The first kappa shape index (κ1) is 11.9. The van der Waals surface area contributed by atoms with Gasteiger partial charge < -0.3 is 5.32 Å². The molecule has 0 unspecified atom stereocenters. The highest BCUT2D eigenvalue weighted by Crippen LogP contribution is 2.23. The Morgan fingerprint density at radius 1 is 1.41 bits per heavy atom. The van der Waals surface area contributed by atoms with Gasteiger partial charge in [-0.3, -0.25) is 4.68 Å². The Morgan fingerprint density at radius 3 is 2.88 bits per heavy atom. The summed E-state index contributed by atoms with van der Waals surface area (Å²) in [6, 6.07) is 0. The first-order valence-corrected chi connectivity index (χ1v) is 5.76. The number of rotatable bonds is 3. The minimum atomic E-state index is 0.462. The predicted molar refractivity (Wildman–Crippen MR) is 67.6 cm³/mol. The Morgan fingerprint density at radius 2 is 2.18 bits per heavy atom. The number of hydrogen-bond donors (Lipinski definition) is 1. The molecule has 90 valence electrons. The maximum atomic E-state index is 5.95. The van der Waals surface area contributed by atoms with Crippen molar-refractivity contribution < 1.29 is 0 Å². The standard InChI is InChI=1S/C11H14ClN5/c1-4-8-9(5-17(3)16-8)15-11-7(2)10(12)13-6-14-11/h5-6H,4H2,1-3H3,(H,13,14,15). The van der Waals surface area contributed by atoms with Gasteiger partial charge in [0.2, 0.25) is 0 Å². The minimum absolute atomic E-state index is 0.462. The van der Waals surface area contributed by atoms with E-state index in [0.29, 0.717) is 11.0 Å². The van der Waals surface area contributed by atoms with Crippen LogP contribution in [0.2, 0.25) is 5.15 Å². The van der Waals surface area contributed by atoms with E-state index >= 15 is 0 Å². The summed E-state index contributed by atoms with van der Waals surface area (Å²) in [5, 5.41) is 8.05. The molecule has 1 N–H and O–H groups in total. The van der Waals surface area contributed by atoms with Gasteiger partial charge in [-0.15, -0.1) is 0 Å². The van der Waals surface area contributed by atoms with Gasteiger partial charge in [0, 0.05) is 18.8 Å². The highest BCUT2D eigenvalue weighted by molar-refractivity contribution is 6.30. The van der Waals surface area contributed by atoms with Crippen molar-refractivity contribution >= 4 is 23.1 Å². The van der Waals surface area contributed by atoms with Gasteiger partial charge in [0.25, 0.3) is 0 Å². The molecule has 0 aliphatic rings. The van der Waals surface area contributed by atoms with Gasteiger partial charge in [0.1, 0.15) is 17.3 Å². The van der Waals surface area contributed by atoms with E-state index < -0.39 is 0 Å². The smallest absolute Gasteiger partial charge is 0.138 e. The van der Waals surface area contributed by atoms with Gasteiger partial charge in [-0.05, 0) is 13.3 Å². The third kappa shape index (κ3) is 2.39. The van der Waals surface area contributed by atoms with E-state index in [1.807, 2.05) is 20.2 Å². The lowest BCUT2D eigenvalue weighted by atomic mass is 10.3. The van der Waals surface area contributed by atoms with Crippen molar-refractivity contribution in [2.75, 3.05) is 5.32 Å². The summed E-state index contributed by atoms with van der Waals surface area (Å²) in [7, 11) is 1.89. The molecule has 17 heavy (non-hydrogen) atoms. The minimum Gasteiger partial charge on any atom is -0.337 e. The molecule has 6 heteroatoms. The third-order valence-electron chi connectivity index (χ3n) is 2.52. The van der Waals surface area contributed by atoms with Crippen molar-refractivity contribution in [3.63, 3.8) is 0 Å². The van der Waals surface area contributed by atoms with E-state index in [9.17, 15) is 0 Å². The van der Waals surface area contributed by atoms with Gasteiger partial charge in [0.05, 0.1) is 11.4 Å². The molecule has 2 heterocycles. The maximum Gasteiger partial charge on any atom is 0.138 e. The fraction of sp³-hybridized carbons (Fsp3) is 0.364. The van der Waals surface area contributed by atoms with Crippen LogP contribution in [-0.4, -0.2) is 19.7 Å². The summed E-state index contributed by atoms with van der Waals surface area (Å²) in [4.78, 5) is 8.10. The van der Waals surface area contributed by atoms with Crippen LogP contribution in [0.25, 0.3) is 0 Å². The van der Waals surface area contributed by atoms with E-state index in [1.165, 1.54) is 6.33 Å². The van der Waals surface area contributed by atoms with E-state index in [1.54, 1.807) is 4.68 Å². The second-order valence-electron chi connectivity index (χ2n) is 3.78. The van der Waals surface area contributed by atoms with Crippen molar-refractivity contribution in [2.45, 2.75) is 20.3 Å². The Bertz CT molecular complexity index is 535. The van der Waals surface area contributed by atoms with Gasteiger partial charge in [-0.1, -0.05) is 18.5 Å². The van der Waals surface area contributed by atoms with Crippen molar-refractivity contribution in [3.05, 3.63) is 28.9 Å². The number of aromatic nitrogens is 4. The molecule has 0 aliphatic heterocycles. The van der Waals surface area contributed by atoms with Gasteiger partial charge >= 0.3 is 0 Å². The largest absolute Gasteiger partial charge is 0.337 e. The molecule has 0 saturated carbocycles. The molecule has 0 atom stereocenters. The Balaban J connectivity index is 2.34. The number of aryl methyl sites for hydroxylation is 2. The lowest BCUT2D eigenvalue weighted by Crippen LogP contribution is -1.99. The number of nitrogens with zero attached hydrogens (tertiary/aromatic N) is 4. The van der Waals surface area contributed by atoms with E-state index in [2.05, 4.69) is 27.3 Å². The molecule has 2 aromatic rings. The molecule has 0 aliphatic carbocycles. The quantitative estimate of drug-likeness (QED) is 0.852. The number of hydrogen-bond acceptors (Lipinski definition) is 4. The van der Waals surface area contributed by atoms with Crippen LogP contribution in [0, 0.1) is 6.92 Å². The molecule has 5 nitrogen and oxygen atoms in total. The highest BCUT2D eigenvalue weighted by atomic mass is 35.5. The molecule has 0 saturated heterocycles. The summed E-state index contributed by atoms with van der Waals surface area (Å²) < 4.78 is 1.78. The molecule has 0 amide bonds. The zero-order valence-corrected chi connectivity index (χ0v) is 10.8. The normalized spacial score (nSPS) is 10.6. The molecule has 0 fully saturated rings. The summed E-state index contributed by atoms with van der Waals surface area (Å²) in [6.45, 7) is 3.94. The van der Waals surface area contributed by atoms with Crippen molar-refractivity contribution in [3.8, 4) is 0 Å². The average molecular weight is 252 g/mol. The zero-order chi connectivity index (χ0) is 12.4. The van der Waals surface area contributed by atoms with Gasteiger partial charge in [-0.25, -0.2) is 9.97 Å². The molecule has 0 radical (unpaired) electrons. The molecular weight excluding hydrogens is 238 g/mol. The summed E-state index contributed by atoms with van der Waals surface area (Å²) in [6.07, 6.45) is 4.23. The predicted octanol–water partition coefficient (Wildman–Crippen LogP) is 2.48. The van der Waals surface area contributed by atoms with Crippen molar-refractivity contribution in [1.29, 1.82) is 0 Å². The fourth-order valence-corrected chi connectivity index (χ4v) is 1.72. The van der Waals surface area contributed by atoms with Gasteiger partial charge in [0.15, 0.2) is 0 Å². The van der Waals surface area contributed by atoms with Crippen molar-refractivity contribution in [1.82, 2.24) is 19.7 Å². The van der Waals surface area contributed by atoms with Crippen LogP contribution in [0.1, 0.15) is 18.2 Å².